The van der Waals surface area contributed by atoms with E-state index < -0.39 is 0 Å². The van der Waals surface area contributed by atoms with Crippen LogP contribution in [0.4, 0.5) is 10.5 Å². The molecular formula is C21H24BrN3O3. The summed E-state index contributed by atoms with van der Waals surface area (Å²) < 4.78 is 6.18. The lowest BCUT2D eigenvalue weighted by molar-refractivity contribution is -0.130. The SMILES string of the molecule is COc1ccc(C2CCN(C(C)=O)CC2NC(=O)Nc2ccc(Br)cc2)cc1. The molecule has 2 unspecified atom stereocenters. The second-order valence-electron chi connectivity index (χ2n) is 6.85. The first-order valence-electron chi connectivity index (χ1n) is 9.19. The number of nitrogens with zero attached hydrogens (tertiary/aromatic N) is 1. The van der Waals surface area contributed by atoms with Crippen LogP contribution in [-0.4, -0.2) is 43.1 Å². The molecule has 0 aromatic heterocycles. The number of rotatable bonds is 4. The molecule has 1 saturated heterocycles. The Kier molecular flexibility index (Phi) is 6.57. The smallest absolute Gasteiger partial charge is 0.319 e. The quantitative estimate of drug-likeness (QED) is 0.747. The van der Waals surface area contributed by atoms with Crippen molar-refractivity contribution in [3.05, 3.63) is 58.6 Å². The van der Waals surface area contributed by atoms with Crippen molar-refractivity contribution >= 4 is 33.6 Å². The average molecular weight is 446 g/mol. The minimum Gasteiger partial charge on any atom is -0.497 e. The Morgan fingerprint density at radius 1 is 1.11 bits per heavy atom. The summed E-state index contributed by atoms with van der Waals surface area (Å²) in [6.45, 7) is 2.73. The highest BCUT2D eigenvalue weighted by molar-refractivity contribution is 9.10. The number of amides is 3. The summed E-state index contributed by atoms with van der Waals surface area (Å²) in [5.41, 5.74) is 1.83. The zero-order chi connectivity index (χ0) is 20.1. The molecule has 0 saturated carbocycles. The van der Waals surface area contributed by atoms with Gasteiger partial charge in [0.25, 0.3) is 0 Å². The van der Waals surface area contributed by atoms with Crippen LogP contribution < -0.4 is 15.4 Å². The Balaban J connectivity index is 1.73. The fourth-order valence-electron chi connectivity index (χ4n) is 3.50. The summed E-state index contributed by atoms with van der Waals surface area (Å²) >= 11 is 3.38. The molecule has 2 aromatic carbocycles. The summed E-state index contributed by atoms with van der Waals surface area (Å²) in [6.07, 6.45) is 0.787. The molecule has 28 heavy (non-hydrogen) atoms. The molecule has 0 bridgehead atoms. The zero-order valence-electron chi connectivity index (χ0n) is 15.9. The second kappa shape index (κ2) is 9.10. The van der Waals surface area contributed by atoms with Crippen LogP contribution in [0.1, 0.15) is 24.8 Å². The molecule has 7 heteroatoms. The predicted octanol–water partition coefficient (Wildman–Crippen LogP) is 3.98. The second-order valence-corrected chi connectivity index (χ2v) is 7.76. The summed E-state index contributed by atoms with van der Waals surface area (Å²) in [6, 6.07) is 14.8. The van der Waals surface area contributed by atoms with Crippen molar-refractivity contribution in [2.45, 2.75) is 25.3 Å². The molecule has 6 nitrogen and oxygen atoms in total. The van der Waals surface area contributed by atoms with Crippen LogP contribution in [0.3, 0.4) is 0 Å². The molecular weight excluding hydrogens is 422 g/mol. The van der Waals surface area contributed by atoms with Crippen molar-refractivity contribution in [3.63, 3.8) is 0 Å². The van der Waals surface area contributed by atoms with Crippen LogP contribution in [0.25, 0.3) is 0 Å². The molecule has 1 aliphatic heterocycles. The minimum absolute atomic E-state index is 0.0216. The van der Waals surface area contributed by atoms with Gasteiger partial charge in [-0.1, -0.05) is 28.1 Å². The molecule has 2 N–H and O–H groups in total. The van der Waals surface area contributed by atoms with Crippen molar-refractivity contribution in [1.82, 2.24) is 10.2 Å². The Morgan fingerprint density at radius 2 is 1.79 bits per heavy atom. The molecule has 2 atom stereocenters. The number of nitrogens with one attached hydrogen (secondary N) is 2. The highest BCUT2D eigenvalue weighted by Crippen LogP contribution is 2.30. The molecule has 0 radical (unpaired) electrons. The molecule has 2 aromatic rings. The van der Waals surface area contributed by atoms with Gasteiger partial charge in [0.2, 0.25) is 5.91 Å². The topological polar surface area (TPSA) is 70.7 Å². The third-order valence-electron chi connectivity index (χ3n) is 5.02. The van der Waals surface area contributed by atoms with Crippen LogP contribution in [0.2, 0.25) is 0 Å². The van der Waals surface area contributed by atoms with Crippen LogP contribution in [-0.2, 0) is 4.79 Å². The van der Waals surface area contributed by atoms with E-state index in [4.69, 9.17) is 4.74 Å². The fourth-order valence-corrected chi connectivity index (χ4v) is 3.77. The van der Waals surface area contributed by atoms with Gasteiger partial charge in [0, 0.05) is 36.1 Å². The summed E-state index contributed by atoms with van der Waals surface area (Å²) in [7, 11) is 1.64. The van der Waals surface area contributed by atoms with Crippen molar-refractivity contribution in [1.29, 1.82) is 0 Å². The standard InChI is InChI=1S/C21H24BrN3O3/c1-14(26)25-12-11-19(15-3-9-18(28-2)10-4-15)20(13-25)24-21(27)23-17-7-5-16(22)6-8-17/h3-10,19-20H,11-13H2,1-2H3,(H2,23,24,27). The van der Waals surface area contributed by atoms with Gasteiger partial charge in [0.05, 0.1) is 13.2 Å². The zero-order valence-corrected chi connectivity index (χ0v) is 17.5. The molecule has 3 amide bonds. The van der Waals surface area contributed by atoms with Crippen molar-refractivity contribution in [3.8, 4) is 5.75 Å². The number of methoxy groups -OCH3 is 1. The van der Waals surface area contributed by atoms with Crippen molar-refractivity contribution in [2.24, 2.45) is 0 Å². The van der Waals surface area contributed by atoms with E-state index in [1.165, 1.54) is 0 Å². The summed E-state index contributed by atoms with van der Waals surface area (Å²) in [5.74, 6) is 0.938. The van der Waals surface area contributed by atoms with Crippen LogP contribution in [0, 0.1) is 0 Å². The Bertz CT molecular complexity index is 824. The van der Waals surface area contributed by atoms with Gasteiger partial charge in [-0.25, -0.2) is 4.79 Å². The Labute approximate surface area is 173 Å². The number of carbonyl (C=O) groups is 2. The molecule has 0 aliphatic carbocycles. The highest BCUT2D eigenvalue weighted by Gasteiger charge is 2.32. The van der Waals surface area contributed by atoms with E-state index in [0.717, 1.165) is 22.2 Å². The summed E-state index contributed by atoms with van der Waals surface area (Å²) in [4.78, 5) is 26.2. The Hall–Kier alpha value is -2.54. The first kappa shape index (κ1) is 20.2. The Morgan fingerprint density at radius 3 is 2.39 bits per heavy atom. The van der Waals surface area contributed by atoms with Gasteiger partial charge in [0.1, 0.15) is 5.75 Å². The van der Waals surface area contributed by atoms with Crippen LogP contribution in [0.5, 0.6) is 5.75 Å². The first-order valence-corrected chi connectivity index (χ1v) is 9.98. The number of anilines is 1. The van der Waals surface area contributed by atoms with E-state index in [9.17, 15) is 9.59 Å². The number of halogens is 1. The molecule has 148 valence electrons. The van der Waals surface area contributed by atoms with Crippen molar-refractivity contribution < 1.29 is 14.3 Å². The normalized spacial score (nSPS) is 19.0. The highest BCUT2D eigenvalue weighted by atomic mass is 79.9. The fraction of sp³-hybridized carbons (Fsp3) is 0.333. The maximum Gasteiger partial charge on any atom is 0.319 e. The monoisotopic (exact) mass is 445 g/mol. The third kappa shape index (κ3) is 5.04. The number of hydrogen-bond acceptors (Lipinski definition) is 3. The van der Waals surface area contributed by atoms with E-state index in [0.29, 0.717) is 18.8 Å². The number of benzene rings is 2. The van der Waals surface area contributed by atoms with E-state index in [1.807, 2.05) is 48.5 Å². The number of carbonyl (C=O) groups excluding carboxylic acids is 2. The van der Waals surface area contributed by atoms with E-state index in [2.05, 4.69) is 26.6 Å². The first-order chi connectivity index (χ1) is 13.5. The number of ether oxygens (including phenoxy) is 1. The number of urea groups is 1. The lowest BCUT2D eigenvalue weighted by Crippen LogP contribution is -2.53. The van der Waals surface area contributed by atoms with Crippen LogP contribution >= 0.6 is 15.9 Å². The van der Waals surface area contributed by atoms with Gasteiger partial charge in [-0.15, -0.1) is 0 Å². The van der Waals surface area contributed by atoms with Gasteiger partial charge in [-0.05, 0) is 48.4 Å². The maximum atomic E-state index is 12.6. The number of hydrogen-bond donors (Lipinski definition) is 2. The van der Waals surface area contributed by atoms with Gasteiger partial charge < -0.3 is 20.3 Å². The molecule has 3 rings (SSSR count). The molecule has 1 heterocycles. The van der Waals surface area contributed by atoms with Gasteiger partial charge >= 0.3 is 6.03 Å². The third-order valence-corrected chi connectivity index (χ3v) is 5.55. The number of piperidine rings is 1. The van der Waals surface area contributed by atoms with E-state index in [-0.39, 0.29) is 23.9 Å². The lowest BCUT2D eigenvalue weighted by Gasteiger charge is -2.38. The maximum absolute atomic E-state index is 12.6. The summed E-state index contributed by atoms with van der Waals surface area (Å²) in [5, 5.41) is 5.91. The molecule has 1 fully saturated rings. The van der Waals surface area contributed by atoms with Gasteiger partial charge in [0.15, 0.2) is 0 Å². The molecule has 1 aliphatic rings. The minimum atomic E-state index is -0.281. The van der Waals surface area contributed by atoms with Gasteiger partial charge in [-0.3, -0.25) is 4.79 Å². The lowest BCUT2D eigenvalue weighted by atomic mass is 9.85. The average Bonchev–Trinajstić information content (AvgIpc) is 2.69. The number of likely N-dealkylation sites (tertiary alicyclic amines) is 1. The van der Waals surface area contributed by atoms with Crippen molar-refractivity contribution in [2.75, 3.05) is 25.5 Å². The van der Waals surface area contributed by atoms with E-state index >= 15 is 0 Å². The molecule has 0 spiro atoms. The van der Waals surface area contributed by atoms with E-state index in [1.54, 1.807) is 18.9 Å². The van der Waals surface area contributed by atoms with Gasteiger partial charge in [-0.2, -0.15) is 0 Å². The van der Waals surface area contributed by atoms with Crippen LogP contribution in [0.15, 0.2) is 53.0 Å². The predicted molar refractivity (Wildman–Crippen MR) is 113 cm³/mol. The largest absolute Gasteiger partial charge is 0.497 e.